The molecule has 6 heteroatoms. The second-order valence-electron chi connectivity index (χ2n) is 5.63. The molecular weight excluding hydrogens is 324 g/mol. The summed E-state index contributed by atoms with van der Waals surface area (Å²) in [7, 11) is -3.58. The van der Waals surface area contributed by atoms with Gasteiger partial charge in [0.25, 0.3) is 5.91 Å². The van der Waals surface area contributed by atoms with E-state index in [1.54, 1.807) is 19.1 Å². The summed E-state index contributed by atoms with van der Waals surface area (Å²) in [4.78, 5) is 12.5. The van der Waals surface area contributed by atoms with Gasteiger partial charge in [0.05, 0.1) is 10.9 Å². The summed E-state index contributed by atoms with van der Waals surface area (Å²) in [6.07, 6.45) is 0. The van der Waals surface area contributed by atoms with Gasteiger partial charge in [-0.25, -0.2) is 13.1 Å². The predicted octanol–water partition coefficient (Wildman–Crippen LogP) is 2.78. The first-order valence-corrected chi connectivity index (χ1v) is 9.29. The minimum absolute atomic E-state index is 0.0833. The average molecular weight is 346 g/mol. The first-order valence-electron chi connectivity index (χ1n) is 7.80. The van der Waals surface area contributed by atoms with Crippen molar-refractivity contribution in [1.82, 2.24) is 10.0 Å². The highest BCUT2D eigenvalue weighted by Gasteiger charge is 2.16. The molecule has 0 aromatic heterocycles. The lowest BCUT2D eigenvalue weighted by atomic mass is 10.1. The highest BCUT2D eigenvalue weighted by Crippen LogP contribution is 2.16. The summed E-state index contributed by atoms with van der Waals surface area (Å²) in [5, 5.41) is 2.89. The van der Waals surface area contributed by atoms with Crippen LogP contribution in [0, 0.1) is 6.92 Å². The van der Waals surface area contributed by atoms with Crippen LogP contribution in [0.25, 0.3) is 0 Å². The van der Waals surface area contributed by atoms with Gasteiger partial charge in [-0.1, -0.05) is 42.8 Å². The Kier molecular flexibility index (Phi) is 5.75. The van der Waals surface area contributed by atoms with Crippen LogP contribution in [0.15, 0.2) is 53.4 Å². The summed E-state index contributed by atoms with van der Waals surface area (Å²) < 4.78 is 26.5. The van der Waals surface area contributed by atoms with Crippen LogP contribution in [0.5, 0.6) is 0 Å². The van der Waals surface area contributed by atoms with Crippen LogP contribution in [-0.4, -0.2) is 20.9 Å². The molecule has 0 heterocycles. The maximum atomic E-state index is 12.4. The number of amides is 1. The van der Waals surface area contributed by atoms with E-state index >= 15 is 0 Å². The van der Waals surface area contributed by atoms with Crippen LogP contribution in [0.2, 0.25) is 0 Å². The van der Waals surface area contributed by atoms with E-state index in [9.17, 15) is 13.2 Å². The van der Waals surface area contributed by atoms with Crippen molar-refractivity contribution < 1.29 is 13.2 Å². The molecule has 0 aliphatic carbocycles. The summed E-state index contributed by atoms with van der Waals surface area (Å²) in [6, 6.07) is 13.7. The maximum absolute atomic E-state index is 12.4. The van der Waals surface area contributed by atoms with Crippen LogP contribution in [0.1, 0.15) is 41.4 Å². The molecule has 0 radical (unpaired) electrons. The summed E-state index contributed by atoms with van der Waals surface area (Å²) >= 11 is 0. The van der Waals surface area contributed by atoms with Crippen molar-refractivity contribution in [2.45, 2.75) is 31.7 Å². The molecule has 0 bridgehead atoms. The first kappa shape index (κ1) is 18.2. The number of benzene rings is 2. The SMILES string of the molecule is CCNS(=O)(=O)c1cccc(C(=O)NC(C)c2ccc(C)cc2)c1. The fourth-order valence-electron chi connectivity index (χ4n) is 2.30. The molecule has 2 aromatic rings. The second-order valence-corrected chi connectivity index (χ2v) is 7.40. The Labute approximate surface area is 143 Å². The molecule has 0 fully saturated rings. The van der Waals surface area contributed by atoms with Crippen LogP contribution >= 0.6 is 0 Å². The van der Waals surface area contributed by atoms with Gasteiger partial charge in [0.1, 0.15) is 0 Å². The minimum atomic E-state index is -3.58. The molecule has 1 amide bonds. The first-order chi connectivity index (χ1) is 11.3. The van der Waals surface area contributed by atoms with Gasteiger partial charge in [0.15, 0.2) is 0 Å². The van der Waals surface area contributed by atoms with Gasteiger partial charge in [-0.15, -0.1) is 0 Å². The van der Waals surface area contributed by atoms with E-state index in [2.05, 4.69) is 10.0 Å². The van der Waals surface area contributed by atoms with Crippen molar-refractivity contribution in [2.75, 3.05) is 6.54 Å². The molecule has 1 unspecified atom stereocenters. The lowest BCUT2D eigenvalue weighted by Crippen LogP contribution is -2.27. The number of nitrogens with one attached hydrogen (secondary N) is 2. The molecule has 0 spiro atoms. The van der Waals surface area contributed by atoms with Crippen molar-refractivity contribution in [1.29, 1.82) is 0 Å². The molecule has 1 atom stereocenters. The molecule has 2 N–H and O–H groups in total. The largest absolute Gasteiger partial charge is 0.346 e. The number of rotatable bonds is 6. The molecule has 0 saturated heterocycles. The molecule has 2 aromatic carbocycles. The molecule has 0 aliphatic heterocycles. The van der Waals surface area contributed by atoms with Crippen molar-refractivity contribution in [2.24, 2.45) is 0 Å². The van der Waals surface area contributed by atoms with Crippen molar-refractivity contribution in [3.8, 4) is 0 Å². The number of sulfonamides is 1. The van der Waals surface area contributed by atoms with E-state index in [1.165, 1.54) is 12.1 Å². The minimum Gasteiger partial charge on any atom is -0.346 e. The molecule has 24 heavy (non-hydrogen) atoms. The van der Waals surface area contributed by atoms with E-state index in [4.69, 9.17) is 0 Å². The van der Waals surface area contributed by atoms with E-state index in [1.807, 2.05) is 38.1 Å². The Morgan fingerprint density at radius 2 is 1.79 bits per heavy atom. The van der Waals surface area contributed by atoms with Gasteiger partial charge in [-0.05, 0) is 37.6 Å². The Balaban J connectivity index is 2.17. The number of hydrogen-bond donors (Lipinski definition) is 2. The topological polar surface area (TPSA) is 75.3 Å². The second kappa shape index (κ2) is 7.59. The Bertz CT molecular complexity index is 814. The normalized spacial score (nSPS) is 12.6. The average Bonchev–Trinajstić information content (AvgIpc) is 2.55. The lowest BCUT2D eigenvalue weighted by molar-refractivity contribution is 0.0939. The third kappa shape index (κ3) is 4.43. The molecule has 128 valence electrons. The van der Waals surface area contributed by atoms with Crippen molar-refractivity contribution in [3.05, 3.63) is 65.2 Å². The highest BCUT2D eigenvalue weighted by molar-refractivity contribution is 7.89. The quantitative estimate of drug-likeness (QED) is 0.844. The van der Waals surface area contributed by atoms with Crippen LogP contribution in [0.3, 0.4) is 0 Å². The van der Waals surface area contributed by atoms with Gasteiger partial charge in [-0.3, -0.25) is 4.79 Å². The zero-order valence-corrected chi connectivity index (χ0v) is 14.9. The predicted molar refractivity (Wildman–Crippen MR) is 94.4 cm³/mol. The molecule has 2 rings (SSSR count). The van der Waals surface area contributed by atoms with Gasteiger partial charge in [0, 0.05) is 12.1 Å². The van der Waals surface area contributed by atoms with Crippen molar-refractivity contribution >= 4 is 15.9 Å². The van der Waals surface area contributed by atoms with E-state index < -0.39 is 10.0 Å². The third-order valence-electron chi connectivity index (χ3n) is 3.67. The zero-order chi connectivity index (χ0) is 17.7. The Hall–Kier alpha value is -2.18. The van der Waals surface area contributed by atoms with E-state index in [-0.39, 0.29) is 16.8 Å². The Morgan fingerprint density at radius 1 is 1.12 bits per heavy atom. The third-order valence-corrected chi connectivity index (χ3v) is 5.21. The summed E-state index contributed by atoms with van der Waals surface area (Å²) in [5.41, 5.74) is 2.46. The smallest absolute Gasteiger partial charge is 0.251 e. The van der Waals surface area contributed by atoms with Gasteiger partial charge >= 0.3 is 0 Å². The number of hydrogen-bond acceptors (Lipinski definition) is 3. The lowest BCUT2D eigenvalue weighted by Gasteiger charge is -2.15. The zero-order valence-electron chi connectivity index (χ0n) is 14.0. The fraction of sp³-hybridized carbons (Fsp3) is 0.278. The molecular formula is C18H22N2O3S. The molecule has 0 aliphatic rings. The van der Waals surface area contributed by atoms with Crippen LogP contribution < -0.4 is 10.0 Å². The van der Waals surface area contributed by atoms with Gasteiger partial charge < -0.3 is 5.32 Å². The fourth-order valence-corrected chi connectivity index (χ4v) is 3.38. The van der Waals surface area contributed by atoms with Crippen LogP contribution in [0.4, 0.5) is 0 Å². The van der Waals surface area contributed by atoms with E-state index in [0.717, 1.165) is 11.1 Å². The molecule has 5 nitrogen and oxygen atoms in total. The van der Waals surface area contributed by atoms with E-state index in [0.29, 0.717) is 12.1 Å². The molecule has 0 saturated carbocycles. The highest BCUT2D eigenvalue weighted by atomic mass is 32.2. The maximum Gasteiger partial charge on any atom is 0.251 e. The summed E-state index contributed by atoms with van der Waals surface area (Å²) in [6.45, 7) is 5.89. The van der Waals surface area contributed by atoms with Gasteiger partial charge in [-0.2, -0.15) is 0 Å². The summed E-state index contributed by atoms with van der Waals surface area (Å²) in [5.74, 6) is -0.309. The van der Waals surface area contributed by atoms with Gasteiger partial charge in [0.2, 0.25) is 10.0 Å². The Morgan fingerprint density at radius 3 is 2.42 bits per heavy atom. The monoisotopic (exact) mass is 346 g/mol. The van der Waals surface area contributed by atoms with Crippen LogP contribution in [-0.2, 0) is 10.0 Å². The standard InChI is InChI=1S/C18H22N2O3S/c1-4-19-24(22,23)17-7-5-6-16(12-17)18(21)20-14(3)15-10-8-13(2)9-11-15/h5-12,14,19H,4H2,1-3H3,(H,20,21). The number of carbonyl (C=O) groups is 1. The van der Waals surface area contributed by atoms with Crippen molar-refractivity contribution in [3.63, 3.8) is 0 Å². The number of carbonyl (C=O) groups excluding carboxylic acids is 1. The number of aryl methyl sites for hydroxylation is 1.